The van der Waals surface area contributed by atoms with Crippen LogP contribution in [0.3, 0.4) is 0 Å². The summed E-state index contributed by atoms with van der Waals surface area (Å²) in [5.74, 6) is 0.187. The Morgan fingerprint density at radius 1 is 1.62 bits per heavy atom. The van der Waals surface area contributed by atoms with Crippen molar-refractivity contribution in [1.29, 1.82) is 5.26 Å². The maximum Gasteiger partial charge on any atom is 0.312 e. The monoisotopic (exact) mass is 355 g/mol. The van der Waals surface area contributed by atoms with Gasteiger partial charge in [0.05, 0.1) is 21.6 Å². The number of para-hydroxylation sites is 1. The van der Waals surface area contributed by atoms with Gasteiger partial charge in [-0.25, -0.2) is 0 Å². The van der Waals surface area contributed by atoms with Crippen LogP contribution >= 0.6 is 15.9 Å². The van der Waals surface area contributed by atoms with Gasteiger partial charge in [-0.1, -0.05) is 13.0 Å². The topological polar surface area (TPSA) is 88.2 Å². The molecule has 0 radical (unpaired) electrons. The maximum absolute atomic E-state index is 11.0. The zero-order chi connectivity index (χ0) is 16.0. The first kappa shape index (κ1) is 17.4. The van der Waals surface area contributed by atoms with E-state index in [0.29, 0.717) is 17.4 Å². The first-order valence-electron chi connectivity index (χ1n) is 6.58. The lowest BCUT2D eigenvalue weighted by Gasteiger charge is -2.26. The van der Waals surface area contributed by atoms with Crippen LogP contribution in [-0.2, 0) is 0 Å². The molecule has 114 valence electrons. The van der Waals surface area contributed by atoms with Crippen molar-refractivity contribution in [1.82, 2.24) is 5.32 Å². The largest absolute Gasteiger partial charge is 0.483 e. The Labute approximate surface area is 132 Å². The van der Waals surface area contributed by atoms with E-state index >= 15 is 0 Å². The van der Waals surface area contributed by atoms with Crippen LogP contribution < -0.4 is 10.1 Å². The number of nitrogens with one attached hydrogen (secondary N) is 1. The first-order valence-corrected chi connectivity index (χ1v) is 7.38. The number of benzene rings is 1. The third-order valence-corrected chi connectivity index (χ3v) is 3.60. The zero-order valence-corrected chi connectivity index (χ0v) is 13.8. The fourth-order valence-electron chi connectivity index (χ4n) is 2.12. The number of rotatable bonds is 7. The molecule has 0 aliphatic rings. The molecule has 0 fully saturated rings. The fraction of sp³-hybridized carbons (Fsp3) is 0.500. The van der Waals surface area contributed by atoms with Gasteiger partial charge < -0.3 is 4.74 Å². The van der Waals surface area contributed by atoms with Crippen molar-refractivity contribution in [3.05, 3.63) is 32.8 Å². The summed E-state index contributed by atoms with van der Waals surface area (Å²) in [6.07, 6.45) is 0.0571. The van der Waals surface area contributed by atoms with Crippen LogP contribution in [0, 0.1) is 21.4 Å². The van der Waals surface area contributed by atoms with E-state index in [0.717, 1.165) is 0 Å². The summed E-state index contributed by atoms with van der Waals surface area (Å²) in [6.45, 7) is 6.15. The van der Waals surface area contributed by atoms with Gasteiger partial charge in [0, 0.05) is 12.5 Å². The summed E-state index contributed by atoms with van der Waals surface area (Å²) >= 11 is 3.26. The summed E-state index contributed by atoms with van der Waals surface area (Å²) in [7, 11) is 0. The second kappa shape index (κ2) is 7.38. The van der Waals surface area contributed by atoms with Gasteiger partial charge in [0.25, 0.3) is 0 Å². The molecule has 1 N–H and O–H groups in total. The number of nitriles is 1. The molecular formula is C14H18BrN3O3. The molecule has 0 spiro atoms. The highest BCUT2D eigenvalue weighted by Crippen LogP contribution is 2.36. The van der Waals surface area contributed by atoms with E-state index in [1.54, 1.807) is 26.0 Å². The van der Waals surface area contributed by atoms with E-state index in [9.17, 15) is 15.4 Å². The van der Waals surface area contributed by atoms with Crippen LogP contribution in [0.2, 0.25) is 0 Å². The number of nitro groups is 1. The van der Waals surface area contributed by atoms with Crippen molar-refractivity contribution in [2.24, 2.45) is 0 Å². The molecule has 2 atom stereocenters. The highest BCUT2D eigenvalue weighted by Gasteiger charge is 2.28. The molecule has 0 bridgehead atoms. The van der Waals surface area contributed by atoms with Gasteiger partial charge in [0.2, 0.25) is 5.75 Å². The van der Waals surface area contributed by atoms with Gasteiger partial charge in [-0.05, 0) is 42.4 Å². The van der Waals surface area contributed by atoms with E-state index in [2.05, 4.69) is 27.3 Å². The van der Waals surface area contributed by atoms with Crippen molar-refractivity contribution >= 4 is 21.6 Å². The van der Waals surface area contributed by atoms with Crippen LogP contribution in [0.25, 0.3) is 0 Å². The van der Waals surface area contributed by atoms with Crippen LogP contribution in [0.1, 0.15) is 27.2 Å². The molecule has 0 saturated heterocycles. The van der Waals surface area contributed by atoms with Gasteiger partial charge in [-0.3, -0.25) is 15.4 Å². The van der Waals surface area contributed by atoms with Gasteiger partial charge in [-0.2, -0.15) is 5.26 Å². The molecule has 0 aromatic heterocycles. The summed E-state index contributed by atoms with van der Waals surface area (Å²) in [5, 5.41) is 23.4. The number of nitro benzene ring substituents is 1. The second-order valence-corrected chi connectivity index (χ2v) is 5.81. The Bertz CT molecular complexity index is 559. The van der Waals surface area contributed by atoms with Gasteiger partial charge in [0.15, 0.2) is 0 Å². The SMILES string of the molecule is CCNC(C)(C#N)CC(C)Oc1c(Br)cccc1[N+](=O)[O-]. The average Bonchev–Trinajstić information content (AvgIpc) is 2.40. The molecule has 2 unspecified atom stereocenters. The smallest absolute Gasteiger partial charge is 0.312 e. The van der Waals surface area contributed by atoms with E-state index in [1.165, 1.54) is 6.07 Å². The van der Waals surface area contributed by atoms with Crippen molar-refractivity contribution in [2.45, 2.75) is 38.8 Å². The average molecular weight is 356 g/mol. The fourth-order valence-corrected chi connectivity index (χ4v) is 2.57. The molecule has 6 nitrogen and oxygen atoms in total. The van der Waals surface area contributed by atoms with Crippen molar-refractivity contribution in [2.75, 3.05) is 6.54 Å². The van der Waals surface area contributed by atoms with Crippen molar-refractivity contribution < 1.29 is 9.66 Å². The Morgan fingerprint density at radius 3 is 2.81 bits per heavy atom. The maximum atomic E-state index is 11.0. The van der Waals surface area contributed by atoms with E-state index < -0.39 is 10.5 Å². The third kappa shape index (κ3) is 4.69. The van der Waals surface area contributed by atoms with Gasteiger partial charge in [0.1, 0.15) is 5.54 Å². The summed E-state index contributed by atoms with van der Waals surface area (Å²) in [6, 6.07) is 6.87. The minimum Gasteiger partial charge on any atom is -0.483 e. The van der Waals surface area contributed by atoms with Crippen LogP contribution in [0.4, 0.5) is 5.69 Å². The van der Waals surface area contributed by atoms with Crippen LogP contribution in [0.15, 0.2) is 22.7 Å². The Morgan fingerprint density at radius 2 is 2.29 bits per heavy atom. The summed E-state index contributed by atoms with van der Waals surface area (Å²) < 4.78 is 6.22. The van der Waals surface area contributed by atoms with Gasteiger partial charge in [-0.15, -0.1) is 0 Å². The highest BCUT2D eigenvalue weighted by molar-refractivity contribution is 9.10. The van der Waals surface area contributed by atoms with Crippen LogP contribution in [0.5, 0.6) is 5.75 Å². The minimum absolute atomic E-state index is 0.0988. The Balaban J connectivity index is 2.92. The molecule has 0 saturated carbocycles. The van der Waals surface area contributed by atoms with Gasteiger partial charge >= 0.3 is 5.69 Å². The number of hydrogen-bond acceptors (Lipinski definition) is 5. The molecule has 21 heavy (non-hydrogen) atoms. The van der Waals surface area contributed by atoms with E-state index in [4.69, 9.17) is 4.74 Å². The molecule has 0 aliphatic carbocycles. The summed E-state index contributed by atoms with van der Waals surface area (Å²) in [4.78, 5) is 10.6. The predicted octanol–water partition coefficient (Wildman–Crippen LogP) is 3.41. The normalized spacial score (nSPS) is 14.8. The molecular weight excluding hydrogens is 338 g/mol. The Hall–Kier alpha value is -1.65. The number of ether oxygens (including phenoxy) is 1. The lowest BCUT2D eigenvalue weighted by molar-refractivity contribution is -0.386. The van der Waals surface area contributed by atoms with Crippen LogP contribution in [-0.4, -0.2) is 23.1 Å². The first-order chi connectivity index (χ1) is 9.83. The van der Waals surface area contributed by atoms with E-state index in [1.807, 2.05) is 6.92 Å². The second-order valence-electron chi connectivity index (χ2n) is 4.95. The quantitative estimate of drug-likeness (QED) is 0.597. The third-order valence-electron chi connectivity index (χ3n) is 2.97. The van der Waals surface area contributed by atoms with E-state index in [-0.39, 0.29) is 17.5 Å². The van der Waals surface area contributed by atoms with Crippen molar-refractivity contribution in [3.8, 4) is 11.8 Å². The number of hydrogen-bond donors (Lipinski definition) is 1. The Kier molecular flexibility index (Phi) is 6.12. The summed E-state index contributed by atoms with van der Waals surface area (Å²) in [5.41, 5.74) is -0.831. The standard InChI is InChI=1S/C14H18BrN3O3/c1-4-17-14(3,9-16)8-10(2)21-13-11(15)6-5-7-12(13)18(19)20/h5-7,10,17H,4,8H2,1-3H3. The zero-order valence-electron chi connectivity index (χ0n) is 12.2. The molecule has 1 aromatic carbocycles. The lowest BCUT2D eigenvalue weighted by atomic mass is 9.96. The van der Waals surface area contributed by atoms with Crippen molar-refractivity contribution in [3.63, 3.8) is 0 Å². The molecule has 7 heteroatoms. The molecule has 1 rings (SSSR count). The number of halogens is 1. The molecule has 0 aliphatic heterocycles. The molecule has 1 aromatic rings. The lowest BCUT2D eigenvalue weighted by Crippen LogP contribution is -2.44. The molecule has 0 amide bonds. The number of nitrogens with zero attached hydrogens (tertiary/aromatic N) is 2. The molecule has 0 heterocycles. The predicted molar refractivity (Wildman–Crippen MR) is 83.2 cm³/mol. The highest BCUT2D eigenvalue weighted by atomic mass is 79.9. The minimum atomic E-state index is -0.732.